The van der Waals surface area contributed by atoms with E-state index >= 15 is 0 Å². The van der Waals surface area contributed by atoms with Gasteiger partial charge in [0.15, 0.2) is 0 Å². The summed E-state index contributed by atoms with van der Waals surface area (Å²) in [6.45, 7) is 8.59. The van der Waals surface area contributed by atoms with Gasteiger partial charge in [-0.25, -0.2) is 4.68 Å². The molecular weight excluding hydrogens is 449 g/mol. The zero-order valence-electron chi connectivity index (χ0n) is 18.4. The molecule has 3 rings (SSSR count). The van der Waals surface area contributed by atoms with Gasteiger partial charge in [0.25, 0.3) is 0 Å². The highest BCUT2D eigenvalue weighted by Crippen LogP contribution is 2.29. The molecule has 7 heteroatoms. The van der Waals surface area contributed by atoms with Crippen LogP contribution in [0.3, 0.4) is 0 Å². The minimum Gasteiger partial charge on any atom is -0.350 e. The van der Waals surface area contributed by atoms with Crippen LogP contribution in [0.25, 0.3) is 5.69 Å². The highest BCUT2D eigenvalue weighted by molar-refractivity contribution is 7.98. The Morgan fingerprint density at radius 2 is 1.90 bits per heavy atom. The SMILES string of the molecule is CSc1ccc(C(C)C(=O)NCc2cc(C(C)(C)C)nn2-c2cccc(Cl)c2)cc1Cl. The van der Waals surface area contributed by atoms with Crippen LogP contribution in [0.15, 0.2) is 53.4 Å². The van der Waals surface area contributed by atoms with Gasteiger partial charge in [-0.15, -0.1) is 11.8 Å². The first-order chi connectivity index (χ1) is 14.6. The molecule has 0 bridgehead atoms. The van der Waals surface area contributed by atoms with E-state index in [1.165, 1.54) is 0 Å². The molecular formula is C24H27Cl2N3OS. The van der Waals surface area contributed by atoms with Crippen LogP contribution >= 0.6 is 35.0 Å². The second kappa shape index (κ2) is 9.68. The van der Waals surface area contributed by atoms with Crippen molar-refractivity contribution in [1.82, 2.24) is 15.1 Å². The summed E-state index contributed by atoms with van der Waals surface area (Å²) in [7, 11) is 0. The number of hydrogen-bond acceptors (Lipinski definition) is 3. The molecule has 0 fully saturated rings. The van der Waals surface area contributed by atoms with E-state index in [2.05, 4.69) is 26.1 Å². The molecule has 0 aliphatic heterocycles. The largest absolute Gasteiger partial charge is 0.350 e. The second-order valence-electron chi connectivity index (χ2n) is 8.50. The number of thioether (sulfide) groups is 1. The van der Waals surface area contributed by atoms with Crippen molar-refractivity contribution in [3.8, 4) is 5.69 Å². The summed E-state index contributed by atoms with van der Waals surface area (Å²) >= 11 is 14.1. The van der Waals surface area contributed by atoms with Crippen molar-refractivity contribution >= 4 is 40.9 Å². The lowest BCUT2D eigenvalue weighted by Crippen LogP contribution is -2.28. The first kappa shape index (κ1) is 23.7. The number of hydrogen-bond donors (Lipinski definition) is 1. The van der Waals surface area contributed by atoms with Crippen LogP contribution in [0.5, 0.6) is 0 Å². The van der Waals surface area contributed by atoms with Gasteiger partial charge in [0.05, 0.1) is 34.6 Å². The zero-order valence-corrected chi connectivity index (χ0v) is 20.7. The predicted molar refractivity (Wildman–Crippen MR) is 131 cm³/mol. The molecule has 3 aromatic rings. The minimum absolute atomic E-state index is 0.0656. The fourth-order valence-corrected chi connectivity index (χ4v) is 4.24. The predicted octanol–water partition coefficient (Wildman–Crippen LogP) is 6.62. The van der Waals surface area contributed by atoms with E-state index in [9.17, 15) is 4.79 Å². The average molecular weight is 476 g/mol. The number of halogens is 2. The van der Waals surface area contributed by atoms with E-state index in [0.717, 1.165) is 27.5 Å². The quantitative estimate of drug-likeness (QED) is 0.407. The Bertz CT molecular complexity index is 1090. The summed E-state index contributed by atoms with van der Waals surface area (Å²) in [5.41, 5.74) is 3.47. The van der Waals surface area contributed by atoms with E-state index in [-0.39, 0.29) is 17.2 Å². The Labute approximate surface area is 198 Å². The summed E-state index contributed by atoms with van der Waals surface area (Å²) in [5, 5.41) is 9.15. The third kappa shape index (κ3) is 5.65. The molecule has 0 aliphatic rings. The van der Waals surface area contributed by atoms with Crippen LogP contribution in [-0.2, 0) is 16.8 Å². The van der Waals surface area contributed by atoms with Crippen molar-refractivity contribution in [2.45, 2.75) is 50.5 Å². The Morgan fingerprint density at radius 3 is 2.52 bits per heavy atom. The molecule has 1 atom stereocenters. The fraction of sp³-hybridized carbons (Fsp3) is 0.333. The van der Waals surface area contributed by atoms with E-state index < -0.39 is 0 Å². The van der Waals surface area contributed by atoms with Crippen molar-refractivity contribution in [2.75, 3.05) is 6.26 Å². The molecule has 2 aromatic carbocycles. The van der Waals surface area contributed by atoms with Crippen molar-refractivity contribution in [1.29, 1.82) is 0 Å². The molecule has 164 valence electrons. The van der Waals surface area contributed by atoms with Crippen LogP contribution in [-0.4, -0.2) is 21.9 Å². The maximum Gasteiger partial charge on any atom is 0.227 e. The van der Waals surface area contributed by atoms with Gasteiger partial charge in [-0.3, -0.25) is 4.79 Å². The molecule has 1 amide bonds. The number of aromatic nitrogens is 2. The Kier molecular flexibility index (Phi) is 7.40. The molecule has 1 unspecified atom stereocenters. The van der Waals surface area contributed by atoms with E-state index in [1.807, 2.05) is 66.4 Å². The van der Waals surface area contributed by atoms with Crippen LogP contribution in [0.1, 0.15) is 50.6 Å². The molecule has 0 spiro atoms. The molecule has 0 aliphatic carbocycles. The molecule has 0 saturated carbocycles. The van der Waals surface area contributed by atoms with Crippen LogP contribution < -0.4 is 5.32 Å². The minimum atomic E-state index is -0.321. The highest BCUT2D eigenvalue weighted by atomic mass is 35.5. The van der Waals surface area contributed by atoms with Gasteiger partial charge in [0, 0.05) is 15.3 Å². The first-order valence-electron chi connectivity index (χ1n) is 10.1. The smallest absolute Gasteiger partial charge is 0.227 e. The number of carbonyl (C=O) groups is 1. The van der Waals surface area contributed by atoms with Crippen molar-refractivity contribution < 1.29 is 4.79 Å². The number of rotatable bonds is 6. The summed E-state index contributed by atoms with van der Waals surface area (Å²) in [6, 6.07) is 15.4. The van der Waals surface area contributed by atoms with Crippen molar-refractivity contribution in [3.63, 3.8) is 0 Å². The topological polar surface area (TPSA) is 46.9 Å². The van der Waals surface area contributed by atoms with Gasteiger partial charge in [-0.05, 0) is 55.1 Å². The van der Waals surface area contributed by atoms with E-state index in [1.54, 1.807) is 11.8 Å². The number of carbonyl (C=O) groups excluding carboxylic acids is 1. The molecule has 31 heavy (non-hydrogen) atoms. The summed E-state index contributed by atoms with van der Waals surface area (Å²) in [6.07, 6.45) is 1.98. The summed E-state index contributed by atoms with van der Waals surface area (Å²) < 4.78 is 1.85. The molecule has 1 aromatic heterocycles. The normalized spacial score (nSPS) is 12.6. The standard InChI is InChI=1S/C24H27Cl2N3OS/c1-15(16-9-10-21(31-5)20(26)11-16)23(30)27-14-19-13-22(24(2,3)4)28-29(19)18-8-6-7-17(25)12-18/h6-13,15H,14H2,1-5H3,(H,27,30). The maximum absolute atomic E-state index is 12.9. The molecule has 0 radical (unpaired) electrons. The third-order valence-corrected chi connectivity index (χ3v) is 6.57. The maximum atomic E-state index is 12.9. The van der Waals surface area contributed by atoms with Gasteiger partial charge >= 0.3 is 0 Å². The third-order valence-electron chi connectivity index (χ3n) is 5.12. The number of amides is 1. The van der Waals surface area contributed by atoms with Gasteiger partial charge in [-0.1, -0.05) is 56.1 Å². The average Bonchev–Trinajstić information content (AvgIpc) is 3.16. The summed E-state index contributed by atoms with van der Waals surface area (Å²) in [5.74, 6) is -0.387. The van der Waals surface area contributed by atoms with Crippen molar-refractivity contribution in [3.05, 3.63) is 75.5 Å². The van der Waals surface area contributed by atoms with Gasteiger partial charge < -0.3 is 5.32 Å². The van der Waals surface area contributed by atoms with Crippen LogP contribution in [0, 0.1) is 0 Å². The van der Waals surface area contributed by atoms with E-state index in [0.29, 0.717) is 16.6 Å². The number of benzene rings is 2. The monoisotopic (exact) mass is 475 g/mol. The van der Waals surface area contributed by atoms with E-state index in [4.69, 9.17) is 28.3 Å². The van der Waals surface area contributed by atoms with Crippen LogP contribution in [0.2, 0.25) is 10.0 Å². The van der Waals surface area contributed by atoms with Crippen LogP contribution in [0.4, 0.5) is 0 Å². The van der Waals surface area contributed by atoms with Gasteiger partial charge in [0.2, 0.25) is 5.91 Å². The molecule has 4 nitrogen and oxygen atoms in total. The highest BCUT2D eigenvalue weighted by Gasteiger charge is 2.22. The number of nitrogens with zero attached hydrogens (tertiary/aromatic N) is 2. The molecule has 0 saturated heterocycles. The fourth-order valence-electron chi connectivity index (χ4n) is 3.18. The number of nitrogens with one attached hydrogen (secondary N) is 1. The Hall–Kier alpha value is -1.95. The lowest BCUT2D eigenvalue weighted by Gasteiger charge is -2.14. The Morgan fingerprint density at radius 1 is 1.16 bits per heavy atom. The van der Waals surface area contributed by atoms with Gasteiger partial charge in [0.1, 0.15) is 0 Å². The zero-order chi connectivity index (χ0) is 22.8. The summed E-state index contributed by atoms with van der Waals surface area (Å²) in [4.78, 5) is 13.9. The Balaban J connectivity index is 1.82. The lowest BCUT2D eigenvalue weighted by molar-refractivity contribution is -0.122. The first-order valence-corrected chi connectivity index (χ1v) is 12.0. The van der Waals surface area contributed by atoms with Gasteiger partial charge in [-0.2, -0.15) is 5.10 Å². The van der Waals surface area contributed by atoms with Crippen molar-refractivity contribution in [2.24, 2.45) is 0 Å². The molecule has 1 heterocycles. The second-order valence-corrected chi connectivity index (χ2v) is 10.2. The lowest BCUT2D eigenvalue weighted by atomic mass is 9.92. The molecule has 1 N–H and O–H groups in total.